The van der Waals surface area contributed by atoms with Crippen molar-refractivity contribution in [2.75, 3.05) is 19.4 Å². The number of aryl methyl sites for hydroxylation is 1. The van der Waals surface area contributed by atoms with E-state index in [4.69, 9.17) is 0 Å². The molecular formula is C16H19N3O2S. The van der Waals surface area contributed by atoms with Crippen LogP contribution in [0.4, 0.5) is 5.13 Å². The summed E-state index contributed by atoms with van der Waals surface area (Å²) in [6.07, 6.45) is 0. The first-order valence-electron chi connectivity index (χ1n) is 6.95. The summed E-state index contributed by atoms with van der Waals surface area (Å²) in [6, 6.07) is 9.55. The van der Waals surface area contributed by atoms with Gasteiger partial charge in [-0.3, -0.25) is 9.59 Å². The van der Waals surface area contributed by atoms with Gasteiger partial charge in [-0.1, -0.05) is 41.7 Å². The minimum atomic E-state index is -0.279. The third-order valence-electron chi connectivity index (χ3n) is 3.32. The van der Waals surface area contributed by atoms with Crippen LogP contribution in [-0.2, 0) is 4.79 Å². The molecule has 2 amide bonds. The molecule has 6 heteroatoms. The van der Waals surface area contributed by atoms with Gasteiger partial charge in [0.05, 0.1) is 11.6 Å². The number of rotatable bonds is 4. The van der Waals surface area contributed by atoms with Crippen LogP contribution in [-0.4, -0.2) is 35.8 Å². The van der Waals surface area contributed by atoms with Crippen molar-refractivity contribution < 1.29 is 9.59 Å². The Morgan fingerprint density at radius 1 is 1.23 bits per heavy atom. The van der Waals surface area contributed by atoms with E-state index in [0.717, 1.165) is 5.56 Å². The van der Waals surface area contributed by atoms with Crippen molar-refractivity contribution in [1.82, 2.24) is 9.88 Å². The van der Waals surface area contributed by atoms with Crippen LogP contribution in [0, 0.1) is 6.92 Å². The molecule has 0 bridgehead atoms. The van der Waals surface area contributed by atoms with Crippen LogP contribution in [0.1, 0.15) is 33.8 Å². The molecule has 1 N–H and O–H groups in total. The molecule has 2 rings (SSSR count). The van der Waals surface area contributed by atoms with E-state index in [2.05, 4.69) is 10.3 Å². The van der Waals surface area contributed by atoms with Crippen molar-refractivity contribution in [3.63, 3.8) is 0 Å². The minimum Gasteiger partial charge on any atom is -0.344 e. The summed E-state index contributed by atoms with van der Waals surface area (Å²) in [4.78, 5) is 30.6. The molecule has 5 nitrogen and oxygen atoms in total. The van der Waals surface area contributed by atoms with Crippen molar-refractivity contribution in [3.8, 4) is 0 Å². The summed E-state index contributed by atoms with van der Waals surface area (Å²) in [7, 11) is 3.38. The number of carbonyl (C=O) groups is 2. The van der Waals surface area contributed by atoms with E-state index >= 15 is 0 Å². The molecule has 1 unspecified atom stereocenters. The van der Waals surface area contributed by atoms with Crippen molar-refractivity contribution >= 4 is 28.3 Å². The highest BCUT2D eigenvalue weighted by atomic mass is 32.1. The maximum Gasteiger partial charge on any atom is 0.265 e. The molecule has 0 saturated carbocycles. The van der Waals surface area contributed by atoms with Gasteiger partial charge in [0, 0.05) is 14.1 Å². The molecule has 0 aliphatic carbocycles. The van der Waals surface area contributed by atoms with Crippen LogP contribution < -0.4 is 5.32 Å². The SMILES string of the molecule is Cc1nc(NC(=O)C(C)c2ccccc2)sc1C(=O)N(C)C. The second kappa shape index (κ2) is 6.70. The van der Waals surface area contributed by atoms with Gasteiger partial charge < -0.3 is 10.2 Å². The topological polar surface area (TPSA) is 62.3 Å². The fraction of sp³-hybridized carbons (Fsp3) is 0.312. The summed E-state index contributed by atoms with van der Waals surface area (Å²) < 4.78 is 0. The lowest BCUT2D eigenvalue weighted by Crippen LogP contribution is -2.21. The van der Waals surface area contributed by atoms with Crippen LogP contribution in [0.15, 0.2) is 30.3 Å². The average Bonchev–Trinajstić information content (AvgIpc) is 2.86. The van der Waals surface area contributed by atoms with Gasteiger partial charge >= 0.3 is 0 Å². The molecule has 2 aromatic rings. The molecule has 0 fully saturated rings. The lowest BCUT2D eigenvalue weighted by atomic mass is 10.0. The Balaban J connectivity index is 2.13. The minimum absolute atomic E-state index is 0.105. The highest BCUT2D eigenvalue weighted by Gasteiger charge is 2.20. The monoisotopic (exact) mass is 317 g/mol. The van der Waals surface area contributed by atoms with Crippen LogP contribution in [0.25, 0.3) is 0 Å². The van der Waals surface area contributed by atoms with E-state index in [1.165, 1.54) is 16.2 Å². The average molecular weight is 317 g/mol. The summed E-state index contributed by atoms with van der Waals surface area (Å²) in [5, 5.41) is 3.25. The van der Waals surface area contributed by atoms with Gasteiger partial charge in [0.25, 0.3) is 5.91 Å². The second-order valence-electron chi connectivity index (χ2n) is 5.25. The van der Waals surface area contributed by atoms with Gasteiger partial charge in [0.1, 0.15) is 4.88 Å². The molecule has 0 saturated heterocycles. The third-order valence-corrected chi connectivity index (χ3v) is 4.38. The van der Waals surface area contributed by atoms with E-state index in [9.17, 15) is 9.59 Å². The van der Waals surface area contributed by atoms with Gasteiger partial charge in [0.2, 0.25) is 5.91 Å². The number of anilines is 1. The summed E-state index contributed by atoms with van der Waals surface area (Å²) in [6.45, 7) is 3.61. The summed E-state index contributed by atoms with van der Waals surface area (Å²) in [5.41, 5.74) is 1.57. The first-order chi connectivity index (χ1) is 10.4. The lowest BCUT2D eigenvalue weighted by Gasteiger charge is -2.10. The molecule has 0 radical (unpaired) electrons. The lowest BCUT2D eigenvalue weighted by molar-refractivity contribution is -0.117. The first kappa shape index (κ1) is 16.2. The molecular weight excluding hydrogens is 298 g/mol. The van der Waals surface area contributed by atoms with Gasteiger partial charge in [-0.25, -0.2) is 4.98 Å². The largest absolute Gasteiger partial charge is 0.344 e. The number of hydrogen-bond acceptors (Lipinski definition) is 4. The molecule has 1 aromatic carbocycles. The zero-order valence-electron chi connectivity index (χ0n) is 13.1. The maximum absolute atomic E-state index is 12.3. The third kappa shape index (κ3) is 3.51. The Kier molecular flexibility index (Phi) is 4.92. The van der Waals surface area contributed by atoms with E-state index in [1.807, 2.05) is 37.3 Å². The van der Waals surface area contributed by atoms with E-state index in [1.54, 1.807) is 21.0 Å². The zero-order chi connectivity index (χ0) is 16.3. The van der Waals surface area contributed by atoms with Crippen LogP contribution in [0.5, 0.6) is 0 Å². The Bertz CT molecular complexity index is 680. The van der Waals surface area contributed by atoms with E-state index in [0.29, 0.717) is 15.7 Å². The maximum atomic E-state index is 12.3. The smallest absolute Gasteiger partial charge is 0.265 e. The van der Waals surface area contributed by atoms with Crippen LogP contribution in [0.3, 0.4) is 0 Å². The van der Waals surface area contributed by atoms with Crippen molar-refractivity contribution in [3.05, 3.63) is 46.5 Å². The predicted octanol–water partition coefficient (Wildman–Crippen LogP) is 2.90. The quantitative estimate of drug-likeness (QED) is 0.943. The number of amides is 2. The van der Waals surface area contributed by atoms with E-state index < -0.39 is 0 Å². The molecule has 0 aliphatic heterocycles. The van der Waals surface area contributed by atoms with Crippen LogP contribution in [0.2, 0.25) is 0 Å². The number of nitrogens with zero attached hydrogens (tertiary/aromatic N) is 2. The Labute approximate surface area is 134 Å². The van der Waals surface area contributed by atoms with Gasteiger partial charge in [-0.15, -0.1) is 0 Å². The van der Waals surface area contributed by atoms with Gasteiger partial charge in [0.15, 0.2) is 5.13 Å². The van der Waals surface area contributed by atoms with Crippen molar-refractivity contribution in [1.29, 1.82) is 0 Å². The highest BCUT2D eigenvalue weighted by molar-refractivity contribution is 7.17. The number of carbonyl (C=O) groups excluding carboxylic acids is 2. The van der Waals surface area contributed by atoms with E-state index in [-0.39, 0.29) is 17.7 Å². The zero-order valence-corrected chi connectivity index (χ0v) is 13.9. The molecule has 1 heterocycles. The predicted molar refractivity (Wildman–Crippen MR) is 88.4 cm³/mol. The molecule has 0 spiro atoms. The number of benzene rings is 1. The Morgan fingerprint density at radius 2 is 1.86 bits per heavy atom. The van der Waals surface area contributed by atoms with Crippen molar-refractivity contribution in [2.24, 2.45) is 0 Å². The Morgan fingerprint density at radius 3 is 2.45 bits per heavy atom. The molecule has 116 valence electrons. The number of thiazole rings is 1. The fourth-order valence-corrected chi connectivity index (χ4v) is 2.95. The van der Waals surface area contributed by atoms with Gasteiger partial charge in [-0.2, -0.15) is 0 Å². The number of hydrogen-bond donors (Lipinski definition) is 1. The molecule has 22 heavy (non-hydrogen) atoms. The summed E-state index contributed by atoms with van der Waals surface area (Å²) >= 11 is 1.20. The summed E-state index contributed by atoms with van der Waals surface area (Å²) in [5.74, 6) is -0.520. The second-order valence-corrected chi connectivity index (χ2v) is 6.25. The van der Waals surface area contributed by atoms with Crippen molar-refractivity contribution in [2.45, 2.75) is 19.8 Å². The van der Waals surface area contributed by atoms with Crippen LogP contribution >= 0.6 is 11.3 Å². The first-order valence-corrected chi connectivity index (χ1v) is 7.76. The number of nitrogens with one attached hydrogen (secondary N) is 1. The standard InChI is InChI=1S/C16H19N3O2S/c1-10(12-8-6-5-7-9-12)14(20)18-16-17-11(2)13(22-16)15(21)19(3)4/h5-10H,1-4H3,(H,17,18,20). The highest BCUT2D eigenvalue weighted by Crippen LogP contribution is 2.25. The fourth-order valence-electron chi connectivity index (χ4n) is 1.96. The molecule has 1 aromatic heterocycles. The Hall–Kier alpha value is -2.21. The molecule has 1 atom stereocenters. The number of aromatic nitrogens is 1. The van der Waals surface area contributed by atoms with Gasteiger partial charge in [-0.05, 0) is 19.4 Å². The normalized spacial score (nSPS) is 11.8. The molecule has 0 aliphatic rings.